The first kappa shape index (κ1) is 38.3. The van der Waals surface area contributed by atoms with Crippen LogP contribution in [0.15, 0.2) is 248 Å². The third kappa shape index (κ3) is 5.56. The van der Waals surface area contributed by atoms with Crippen molar-refractivity contribution in [1.29, 1.82) is 0 Å². The molecule has 0 saturated heterocycles. The van der Waals surface area contributed by atoms with Crippen LogP contribution in [-0.4, -0.2) is 13.4 Å². The summed E-state index contributed by atoms with van der Waals surface area (Å²) in [5.41, 5.74) is 20.1. The van der Waals surface area contributed by atoms with Gasteiger partial charge < -0.3 is 19.1 Å². The van der Waals surface area contributed by atoms with Gasteiger partial charge >= 0.3 is 0 Å². The van der Waals surface area contributed by atoms with E-state index in [1.54, 1.807) is 0 Å². The van der Waals surface area contributed by atoms with E-state index in [1.807, 2.05) is 23.5 Å². The maximum Gasteiger partial charge on any atom is 0.249 e. The maximum absolute atomic E-state index is 6.80. The molecule has 0 spiro atoms. The Morgan fingerprint density at radius 1 is 0.368 bits per heavy atom. The van der Waals surface area contributed by atoms with Crippen molar-refractivity contribution >= 4 is 143 Å². The number of furan rings is 1. The van der Waals surface area contributed by atoms with Crippen LogP contribution in [0.1, 0.15) is 0 Å². The van der Waals surface area contributed by atoms with Crippen molar-refractivity contribution in [3.8, 4) is 0 Å². The molecule has 15 rings (SSSR count). The van der Waals surface area contributed by atoms with Crippen molar-refractivity contribution in [1.82, 2.24) is 0 Å². The van der Waals surface area contributed by atoms with Crippen molar-refractivity contribution < 1.29 is 4.42 Å². The average Bonchev–Trinajstić information content (AvgIpc) is 3.77. The number of anilines is 9. The summed E-state index contributed by atoms with van der Waals surface area (Å²) in [6, 6.07) is 82.6. The smallest absolute Gasteiger partial charge is 0.249 e. The molecule has 0 N–H and O–H groups in total. The zero-order chi connectivity index (χ0) is 44.5. The highest BCUT2D eigenvalue weighted by molar-refractivity contribution is 8.00. The molecule has 0 fully saturated rings. The number of fused-ring (bicyclic) bond motifs is 12. The highest BCUT2D eigenvalue weighted by atomic mass is 32.2. The molecule has 5 heterocycles. The zero-order valence-corrected chi connectivity index (χ0v) is 38.2. The molecule has 0 saturated carbocycles. The predicted octanol–water partition coefficient (Wildman–Crippen LogP) is 12.6. The third-order valence-corrected chi connectivity index (χ3v) is 16.6. The van der Waals surface area contributed by atoms with E-state index in [2.05, 4.69) is 239 Å². The van der Waals surface area contributed by atoms with Gasteiger partial charge in [0.25, 0.3) is 0 Å². The maximum atomic E-state index is 6.80. The minimum Gasteiger partial charge on any atom is -0.456 e. The molecule has 0 atom stereocenters. The Morgan fingerprint density at radius 2 is 0.882 bits per heavy atom. The number of para-hydroxylation sites is 5. The lowest BCUT2D eigenvalue weighted by Gasteiger charge is -2.45. The molecule has 10 aromatic carbocycles. The van der Waals surface area contributed by atoms with Gasteiger partial charge in [0, 0.05) is 70.5 Å². The van der Waals surface area contributed by atoms with Crippen LogP contribution in [0, 0.1) is 0 Å². The summed E-state index contributed by atoms with van der Waals surface area (Å²) in [7, 11) is 0. The molecular formula is C60H37B2N3OS2. The molecule has 1 aromatic heterocycles. The quantitative estimate of drug-likeness (QED) is 0.159. The molecule has 0 bridgehead atoms. The second kappa shape index (κ2) is 14.9. The first-order valence-corrected chi connectivity index (χ1v) is 24.9. The molecule has 11 aromatic rings. The standard InChI is InChI=1S/C60H37B2N3OS2/c1-5-19-38(20-6-1)63(39-21-7-2-8-22-39)42-33-50-58-55(34-42)67-53-31-17-14-28-44(53)61(58)46-35-47-49(36-48(46)64(50)40-23-9-3-10-24-40)65(41-25-11-4-12-26-41)60-57-43-27-13-16-30-51(43)66-52(57)37-56-59(60)62(47)45-29-15-18-32-54(45)68-56/h1-37H. The summed E-state index contributed by atoms with van der Waals surface area (Å²) >= 11 is 3.77. The van der Waals surface area contributed by atoms with Crippen LogP contribution in [-0.2, 0) is 0 Å². The van der Waals surface area contributed by atoms with Crippen LogP contribution >= 0.6 is 23.5 Å². The molecule has 4 aliphatic rings. The summed E-state index contributed by atoms with van der Waals surface area (Å²) < 4.78 is 6.80. The first-order chi connectivity index (χ1) is 33.7. The Labute approximate surface area is 403 Å². The van der Waals surface area contributed by atoms with Crippen LogP contribution < -0.4 is 47.5 Å². The van der Waals surface area contributed by atoms with E-state index >= 15 is 0 Å². The highest BCUT2D eigenvalue weighted by Crippen LogP contribution is 2.51. The summed E-state index contributed by atoms with van der Waals surface area (Å²) in [5.74, 6) is 0. The van der Waals surface area contributed by atoms with E-state index < -0.39 is 0 Å². The summed E-state index contributed by atoms with van der Waals surface area (Å²) in [4.78, 5) is 12.6. The highest BCUT2D eigenvalue weighted by Gasteiger charge is 2.47. The molecule has 4 nitrogen and oxygen atoms in total. The lowest BCUT2D eigenvalue weighted by atomic mass is 9.31. The van der Waals surface area contributed by atoms with E-state index in [4.69, 9.17) is 4.42 Å². The van der Waals surface area contributed by atoms with E-state index in [0.717, 1.165) is 50.4 Å². The van der Waals surface area contributed by atoms with Gasteiger partial charge in [0.15, 0.2) is 0 Å². The Bertz CT molecular complexity index is 3810. The fraction of sp³-hybridized carbons (Fsp3) is 0. The molecular weight excluding hydrogens is 864 g/mol. The molecule has 0 unspecified atom stereocenters. The van der Waals surface area contributed by atoms with Crippen molar-refractivity contribution in [2.75, 3.05) is 14.7 Å². The van der Waals surface area contributed by atoms with Crippen LogP contribution in [0.5, 0.6) is 0 Å². The van der Waals surface area contributed by atoms with E-state index in [0.29, 0.717) is 0 Å². The largest absolute Gasteiger partial charge is 0.456 e. The first-order valence-electron chi connectivity index (χ1n) is 23.2. The number of hydrogen-bond acceptors (Lipinski definition) is 6. The van der Waals surface area contributed by atoms with E-state index in [9.17, 15) is 0 Å². The molecule has 4 aliphatic heterocycles. The monoisotopic (exact) mass is 901 g/mol. The Hall–Kier alpha value is -7.77. The molecule has 8 heteroatoms. The summed E-state index contributed by atoms with van der Waals surface area (Å²) in [6.07, 6.45) is 0. The predicted molar refractivity (Wildman–Crippen MR) is 288 cm³/mol. The van der Waals surface area contributed by atoms with Crippen molar-refractivity contribution in [3.05, 3.63) is 224 Å². The van der Waals surface area contributed by atoms with Crippen LogP contribution in [0.2, 0.25) is 0 Å². The van der Waals surface area contributed by atoms with Gasteiger partial charge in [-0.3, -0.25) is 0 Å². The minimum absolute atomic E-state index is 0.00628. The van der Waals surface area contributed by atoms with Gasteiger partial charge in [-0.1, -0.05) is 168 Å². The van der Waals surface area contributed by atoms with E-state index in [1.165, 1.54) is 75.1 Å². The Balaban J connectivity index is 1.07. The van der Waals surface area contributed by atoms with Gasteiger partial charge in [-0.05, 0) is 113 Å². The lowest BCUT2D eigenvalue weighted by Crippen LogP contribution is -2.64. The SMILES string of the molecule is c1ccc(N(c2ccccc2)c2cc3c4c(c2)N(c2ccccc2)c2cc5c(cc2B4c2ccccc2S3)B2c3ccccc3Sc3cc4oc6ccccc6c4c(c32)N5c2ccccc2)cc1. The number of benzene rings is 10. The second-order valence-electron chi connectivity index (χ2n) is 17.9. The molecule has 316 valence electrons. The second-order valence-corrected chi connectivity index (χ2v) is 20.1. The summed E-state index contributed by atoms with van der Waals surface area (Å²) in [6.45, 7) is -0.0177. The normalized spacial score (nSPS) is 13.6. The number of rotatable bonds is 5. The van der Waals surface area contributed by atoms with Gasteiger partial charge in [-0.15, -0.1) is 0 Å². The average molecular weight is 902 g/mol. The van der Waals surface area contributed by atoms with Gasteiger partial charge in [0.05, 0.1) is 11.1 Å². The van der Waals surface area contributed by atoms with Gasteiger partial charge in [-0.2, -0.15) is 0 Å². The Morgan fingerprint density at radius 3 is 1.53 bits per heavy atom. The molecule has 0 radical (unpaired) electrons. The Kier molecular flexibility index (Phi) is 8.38. The number of hydrogen-bond donors (Lipinski definition) is 0. The lowest BCUT2D eigenvalue weighted by molar-refractivity contribution is 0.668. The molecule has 0 aliphatic carbocycles. The van der Waals surface area contributed by atoms with E-state index in [-0.39, 0.29) is 13.4 Å². The van der Waals surface area contributed by atoms with Crippen LogP contribution in [0.25, 0.3) is 21.9 Å². The van der Waals surface area contributed by atoms with Gasteiger partial charge in [-0.25, -0.2) is 0 Å². The minimum atomic E-state index is -0.0114. The fourth-order valence-electron chi connectivity index (χ4n) is 11.6. The number of nitrogens with zero attached hydrogens (tertiary/aromatic N) is 3. The molecule has 0 amide bonds. The van der Waals surface area contributed by atoms with Crippen molar-refractivity contribution in [3.63, 3.8) is 0 Å². The third-order valence-electron chi connectivity index (χ3n) is 14.3. The van der Waals surface area contributed by atoms with Crippen molar-refractivity contribution in [2.45, 2.75) is 19.6 Å². The van der Waals surface area contributed by atoms with Crippen molar-refractivity contribution in [2.24, 2.45) is 0 Å². The summed E-state index contributed by atoms with van der Waals surface area (Å²) in [5, 5.41) is 2.28. The van der Waals surface area contributed by atoms with Gasteiger partial charge in [0.2, 0.25) is 13.4 Å². The van der Waals surface area contributed by atoms with Gasteiger partial charge in [0.1, 0.15) is 11.2 Å². The fourth-order valence-corrected chi connectivity index (χ4v) is 13.9. The molecule has 68 heavy (non-hydrogen) atoms. The zero-order valence-electron chi connectivity index (χ0n) is 36.6. The topological polar surface area (TPSA) is 22.9 Å². The van der Waals surface area contributed by atoms with Crippen LogP contribution in [0.4, 0.5) is 51.2 Å². The van der Waals surface area contributed by atoms with Crippen LogP contribution in [0.3, 0.4) is 0 Å².